The number of anilines is 1. The molecule has 1 aromatic carbocycles. The van der Waals surface area contributed by atoms with Crippen LogP contribution in [-0.2, 0) is 4.79 Å². The van der Waals surface area contributed by atoms with E-state index in [0.717, 1.165) is 5.69 Å². The van der Waals surface area contributed by atoms with E-state index in [1.54, 1.807) is 28.9 Å². The van der Waals surface area contributed by atoms with E-state index in [9.17, 15) is 9.59 Å². The van der Waals surface area contributed by atoms with Crippen molar-refractivity contribution in [2.45, 2.75) is 40.2 Å². The minimum atomic E-state index is -0.436. The van der Waals surface area contributed by atoms with Crippen LogP contribution in [0.1, 0.15) is 48.1 Å². The molecule has 0 bridgehead atoms. The van der Waals surface area contributed by atoms with Crippen molar-refractivity contribution in [2.24, 2.45) is 0 Å². The van der Waals surface area contributed by atoms with E-state index in [1.165, 1.54) is 6.92 Å². The van der Waals surface area contributed by atoms with Gasteiger partial charge in [-0.25, -0.2) is 0 Å². The summed E-state index contributed by atoms with van der Waals surface area (Å²) in [6.45, 7) is 7.09. The van der Waals surface area contributed by atoms with Crippen molar-refractivity contribution in [3.05, 3.63) is 46.2 Å². The van der Waals surface area contributed by atoms with Gasteiger partial charge >= 0.3 is 0 Å². The van der Waals surface area contributed by atoms with Crippen LogP contribution in [0, 0.1) is 13.8 Å². The van der Waals surface area contributed by atoms with Crippen molar-refractivity contribution in [2.75, 3.05) is 5.32 Å². The Morgan fingerprint density at radius 3 is 2.30 bits per heavy atom. The zero-order valence-corrected chi connectivity index (χ0v) is 14.4. The van der Waals surface area contributed by atoms with E-state index in [-0.39, 0.29) is 11.7 Å². The second-order valence-electron chi connectivity index (χ2n) is 5.48. The third-order valence-corrected chi connectivity index (χ3v) is 4.33. The van der Waals surface area contributed by atoms with Crippen molar-refractivity contribution in [3.8, 4) is 0 Å². The number of ketones is 1. The molecule has 0 aliphatic carbocycles. The number of aryl methyl sites for hydroxylation is 1. The Bertz CT molecular complexity index is 735. The smallest absolute Gasteiger partial charge is 0.249 e. The van der Waals surface area contributed by atoms with Gasteiger partial charge in [-0.1, -0.05) is 18.5 Å². The highest BCUT2D eigenvalue weighted by atomic mass is 35.5. The fourth-order valence-electron chi connectivity index (χ4n) is 2.43. The fourth-order valence-corrected chi connectivity index (χ4v) is 2.55. The number of hydrogen-bond acceptors (Lipinski definition) is 3. The summed E-state index contributed by atoms with van der Waals surface area (Å²) in [5.41, 5.74) is 2.74. The molecular formula is C17H20ClN3O2. The zero-order chi connectivity index (χ0) is 17.1. The molecule has 5 nitrogen and oxygen atoms in total. The Hall–Kier alpha value is -2.14. The molecular weight excluding hydrogens is 314 g/mol. The second-order valence-corrected chi connectivity index (χ2v) is 5.85. The Labute approximate surface area is 140 Å². The first kappa shape index (κ1) is 17.2. The molecule has 6 heteroatoms. The van der Waals surface area contributed by atoms with Crippen LogP contribution >= 0.6 is 11.6 Å². The number of halogens is 1. The molecule has 122 valence electrons. The van der Waals surface area contributed by atoms with E-state index in [4.69, 9.17) is 11.6 Å². The molecule has 0 radical (unpaired) electrons. The van der Waals surface area contributed by atoms with Crippen LogP contribution in [0.5, 0.6) is 0 Å². The number of amides is 1. The molecule has 1 heterocycles. The molecule has 0 saturated heterocycles. The van der Waals surface area contributed by atoms with E-state index in [0.29, 0.717) is 28.4 Å². The molecule has 0 saturated carbocycles. The van der Waals surface area contributed by atoms with Crippen LogP contribution in [0.3, 0.4) is 0 Å². The van der Waals surface area contributed by atoms with Crippen molar-refractivity contribution >= 4 is 29.0 Å². The van der Waals surface area contributed by atoms with Crippen LogP contribution in [0.4, 0.5) is 5.69 Å². The van der Waals surface area contributed by atoms with Gasteiger partial charge in [-0.3, -0.25) is 14.3 Å². The summed E-state index contributed by atoms with van der Waals surface area (Å²) in [5, 5.41) is 7.80. The summed E-state index contributed by atoms with van der Waals surface area (Å²) in [4.78, 5) is 23.8. The highest BCUT2D eigenvalue weighted by Crippen LogP contribution is 2.24. The maximum absolute atomic E-state index is 12.6. The highest BCUT2D eigenvalue weighted by Gasteiger charge is 2.23. The highest BCUT2D eigenvalue weighted by molar-refractivity contribution is 6.31. The van der Waals surface area contributed by atoms with Gasteiger partial charge in [0.15, 0.2) is 5.78 Å². The van der Waals surface area contributed by atoms with Crippen LogP contribution in [0.2, 0.25) is 5.02 Å². The molecule has 0 fully saturated rings. The fraction of sp³-hybridized carbons (Fsp3) is 0.353. The number of carbonyl (C=O) groups is 2. The van der Waals surface area contributed by atoms with Crippen molar-refractivity contribution in [1.82, 2.24) is 9.78 Å². The molecule has 23 heavy (non-hydrogen) atoms. The van der Waals surface area contributed by atoms with Crippen LogP contribution in [-0.4, -0.2) is 21.5 Å². The molecule has 0 spiro atoms. The summed E-state index contributed by atoms with van der Waals surface area (Å²) >= 11 is 6.16. The average molecular weight is 334 g/mol. The second kappa shape index (κ2) is 6.96. The first-order valence-electron chi connectivity index (χ1n) is 7.48. The third kappa shape index (κ3) is 3.62. The lowest BCUT2D eigenvalue weighted by Gasteiger charge is -2.17. The lowest BCUT2D eigenvalue weighted by molar-refractivity contribution is -0.119. The van der Waals surface area contributed by atoms with Gasteiger partial charge in [-0.15, -0.1) is 0 Å². The van der Waals surface area contributed by atoms with Crippen LogP contribution in [0.25, 0.3) is 0 Å². The Morgan fingerprint density at radius 1 is 1.26 bits per heavy atom. The predicted molar refractivity (Wildman–Crippen MR) is 91.1 cm³/mol. The standard InChI is InChI=1S/C17H20ClN3O2/c1-5-15(21-11(3)16(18)10(2)20-21)17(23)19-14-8-6-13(7-9-14)12(4)22/h6-9,15H,5H2,1-4H3,(H,19,23). The maximum atomic E-state index is 12.6. The number of Topliss-reactive ketones (excluding diaryl/α,β-unsaturated/α-hetero) is 1. The molecule has 0 aliphatic rings. The molecule has 0 aliphatic heterocycles. The largest absolute Gasteiger partial charge is 0.324 e. The van der Waals surface area contributed by atoms with Gasteiger partial charge in [-0.05, 0) is 51.5 Å². The summed E-state index contributed by atoms with van der Waals surface area (Å²) in [6.07, 6.45) is 0.593. The number of aromatic nitrogens is 2. The molecule has 1 amide bonds. The van der Waals surface area contributed by atoms with Crippen molar-refractivity contribution in [3.63, 3.8) is 0 Å². The first-order valence-corrected chi connectivity index (χ1v) is 7.86. The molecule has 1 N–H and O–H groups in total. The summed E-state index contributed by atoms with van der Waals surface area (Å²) < 4.78 is 1.66. The van der Waals surface area contributed by atoms with E-state index in [1.807, 2.05) is 20.8 Å². The van der Waals surface area contributed by atoms with Gasteiger partial charge < -0.3 is 5.32 Å². The minimum Gasteiger partial charge on any atom is -0.324 e. The topological polar surface area (TPSA) is 64.0 Å². The lowest BCUT2D eigenvalue weighted by Crippen LogP contribution is -2.27. The van der Waals surface area contributed by atoms with Crippen LogP contribution < -0.4 is 5.32 Å². The van der Waals surface area contributed by atoms with Gasteiger partial charge in [-0.2, -0.15) is 5.10 Å². The summed E-state index contributed by atoms with van der Waals surface area (Å²) in [6, 6.07) is 6.39. The average Bonchev–Trinajstić information content (AvgIpc) is 2.76. The normalized spacial score (nSPS) is 12.0. The zero-order valence-electron chi connectivity index (χ0n) is 13.7. The number of carbonyl (C=O) groups excluding carboxylic acids is 2. The van der Waals surface area contributed by atoms with E-state index < -0.39 is 6.04 Å². The van der Waals surface area contributed by atoms with Crippen molar-refractivity contribution in [1.29, 1.82) is 0 Å². The summed E-state index contributed by atoms with van der Waals surface area (Å²) in [7, 11) is 0. The minimum absolute atomic E-state index is 0.00778. The molecule has 2 rings (SSSR count). The Morgan fingerprint density at radius 2 is 1.87 bits per heavy atom. The third-order valence-electron chi connectivity index (χ3n) is 3.78. The summed E-state index contributed by atoms with van der Waals surface area (Å²) in [5.74, 6) is -0.170. The SMILES string of the molecule is CCC(C(=O)Nc1ccc(C(C)=O)cc1)n1nc(C)c(Cl)c1C. The number of benzene rings is 1. The molecule has 2 aromatic rings. The Kier molecular flexibility index (Phi) is 5.21. The monoisotopic (exact) mass is 333 g/mol. The molecule has 1 aromatic heterocycles. The van der Waals surface area contributed by atoms with Gasteiger partial charge in [0.2, 0.25) is 5.91 Å². The van der Waals surface area contributed by atoms with Gasteiger partial charge in [0.05, 0.1) is 16.4 Å². The maximum Gasteiger partial charge on any atom is 0.249 e. The van der Waals surface area contributed by atoms with Crippen LogP contribution in [0.15, 0.2) is 24.3 Å². The van der Waals surface area contributed by atoms with E-state index >= 15 is 0 Å². The predicted octanol–water partition coefficient (Wildman–Crippen LogP) is 3.95. The molecule has 1 unspecified atom stereocenters. The number of nitrogens with one attached hydrogen (secondary N) is 1. The number of nitrogens with zero attached hydrogens (tertiary/aromatic N) is 2. The van der Waals surface area contributed by atoms with Gasteiger partial charge in [0, 0.05) is 11.3 Å². The van der Waals surface area contributed by atoms with Crippen molar-refractivity contribution < 1.29 is 9.59 Å². The molecule has 1 atom stereocenters. The lowest BCUT2D eigenvalue weighted by atomic mass is 10.1. The first-order chi connectivity index (χ1) is 10.8. The Balaban J connectivity index is 2.20. The van der Waals surface area contributed by atoms with E-state index in [2.05, 4.69) is 10.4 Å². The number of hydrogen-bond donors (Lipinski definition) is 1. The quantitative estimate of drug-likeness (QED) is 0.843. The van der Waals surface area contributed by atoms with Gasteiger partial charge in [0.1, 0.15) is 6.04 Å². The number of rotatable bonds is 5. The van der Waals surface area contributed by atoms with Gasteiger partial charge in [0.25, 0.3) is 0 Å².